The fraction of sp³-hybridized carbons (Fsp3) is 0.167. The summed E-state index contributed by atoms with van der Waals surface area (Å²) in [5, 5.41) is 4.93. The first-order valence-corrected chi connectivity index (χ1v) is 10.5. The predicted molar refractivity (Wildman–Crippen MR) is 128 cm³/mol. The van der Waals surface area contributed by atoms with Gasteiger partial charge in [0.1, 0.15) is 18.1 Å². The molecular formula is C24H22Cl2N2O5. The van der Waals surface area contributed by atoms with E-state index in [1.54, 1.807) is 36.4 Å². The Bertz CT molecular complexity index is 1150. The average molecular weight is 489 g/mol. The lowest BCUT2D eigenvalue weighted by atomic mass is 10.2. The van der Waals surface area contributed by atoms with Crippen molar-refractivity contribution in [2.45, 2.75) is 6.61 Å². The number of carbonyl (C=O) groups is 1. The maximum absolute atomic E-state index is 12.4. The first-order chi connectivity index (χ1) is 15.9. The minimum atomic E-state index is -0.429. The normalized spacial score (nSPS) is 10.7. The van der Waals surface area contributed by atoms with Crippen LogP contribution in [-0.2, 0) is 6.61 Å². The van der Waals surface area contributed by atoms with Crippen molar-refractivity contribution in [2.24, 2.45) is 5.10 Å². The van der Waals surface area contributed by atoms with Crippen molar-refractivity contribution in [3.63, 3.8) is 0 Å². The van der Waals surface area contributed by atoms with E-state index < -0.39 is 5.91 Å². The van der Waals surface area contributed by atoms with Gasteiger partial charge in [0.05, 0.1) is 32.6 Å². The first-order valence-electron chi connectivity index (χ1n) is 9.75. The molecule has 0 saturated carbocycles. The third-order valence-corrected chi connectivity index (χ3v) is 5.22. The number of hydrogen-bond donors (Lipinski definition) is 1. The van der Waals surface area contributed by atoms with Gasteiger partial charge < -0.3 is 18.9 Å². The van der Waals surface area contributed by atoms with Crippen LogP contribution in [-0.4, -0.2) is 33.5 Å². The number of amides is 1. The Morgan fingerprint density at radius 2 is 1.64 bits per heavy atom. The van der Waals surface area contributed by atoms with E-state index in [1.807, 2.05) is 18.2 Å². The summed E-state index contributed by atoms with van der Waals surface area (Å²) in [5.41, 5.74) is 4.22. The van der Waals surface area contributed by atoms with E-state index in [0.29, 0.717) is 44.2 Å². The summed E-state index contributed by atoms with van der Waals surface area (Å²) in [4.78, 5) is 12.4. The molecule has 0 aliphatic heterocycles. The third-order valence-electron chi connectivity index (χ3n) is 4.57. The van der Waals surface area contributed by atoms with Crippen LogP contribution in [0.5, 0.6) is 23.0 Å². The lowest BCUT2D eigenvalue weighted by Gasteiger charge is -2.14. The SMILES string of the molecule is COc1cc(OC)cc(C(=O)N/N=C\c2cc(Cl)c(OCc3ccccc3Cl)c(OC)c2)c1. The van der Waals surface area contributed by atoms with Crippen LogP contribution in [0, 0.1) is 0 Å². The van der Waals surface area contributed by atoms with Crippen molar-refractivity contribution in [2.75, 3.05) is 21.3 Å². The summed E-state index contributed by atoms with van der Waals surface area (Å²) in [6.07, 6.45) is 1.45. The second kappa shape index (κ2) is 11.4. The molecule has 0 radical (unpaired) electrons. The van der Waals surface area contributed by atoms with Crippen LogP contribution in [0.25, 0.3) is 0 Å². The number of hydrogen-bond acceptors (Lipinski definition) is 6. The molecule has 0 bridgehead atoms. The van der Waals surface area contributed by atoms with Crippen molar-refractivity contribution in [3.05, 3.63) is 81.3 Å². The Balaban J connectivity index is 1.72. The zero-order valence-corrected chi connectivity index (χ0v) is 19.7. The maximum atomic E-state index is 12.4. The number of carbonyl (C=O) groups excluding carboxylic acids is 1. The van der Waals surface area contributed by atoms with Crippen molar-refractivity contribution in [3.8, 4) is 23.0 Å². The van der Waals surface area contributed by atoms with E-state index in [4.69, 9.17) is 42.1 Å². The van der Waals surface area contributed by atoms with Gasteiger partial charge in [-0.1, -0.05) is 41.4 Å². The molecule has 33 heavy (non-hydrogen) atoms. The Morgan fingerprint density at radius 3 is 2.27 bits per heavy atom. The van der Waals surface area contributed by atoms with E-state index in [-0.39, 0.29) is 6.61 Å². The van der Waals surface area contributed by atoms with E-state index in [9.17, 15) is 4.79 Å². The van der Waals surface area contributed by atoms with E-state index in [0.717, 1.165) is 5.56 Å². The number of ether oxygens (including phenoxy) is 4. The largest absolute Gasteiger partial charge is 0.497 e. The lowest BCUT2D eigenvalue weighted by molar-refractivity contribution is 0.0954. The van der Waals surface area contributed by atoms with Crippen LogP contribution in [0.4, 0.5) is 0 Å². The number of benzene rings is 3. The third kappa shape index (κ3) is 6.31. The smallest absolute Gasteiger partial charge is 0.271 e. The van der Waals surface area contributed by atoms with Gasteiger partial charge >= 0.3 is 0 Å². The zero-order valence-electron chi connectivity index (χ0n) is 18.2. The topological polar surface area (TPSA) is 78.4 Å². The summed E-state index contributed by atoms with van der Waals surface area (Å²) < 4.78 is 21.6. The van der Waals surface area contributed by atoms with E-state index in [2.05, 4.69) is 10.5 Å². The molecule has 3 aromatic rings. The van der Waals surface area contributed by atoms with Crippen molar-refractivity contribution in [1.82, 2.24) is 5.43 Å². The minimum absolute atomic E-state index is 0.225. The molecule has 0 fully saturated rings. The van der Waals surface area contributed by atoms with Gasteiger partial charge in [-0.05, 0) is 35.9 Å². The molecule has 0 heterocycles. The molecule has 0 unspecified atom stereocenters. The molecule has 0 aliphatic rings. The molecule has 7 nitrogen and oxygen atoms in total. The Morgan fingerprint density at radius 1 is 0.939 bits per heavy atom. The summed E-state index contributed by atoms with van der Waals surface area (Å²) in [7, 11) is 4.52. The van der Waals surface area contributed by atoms with Crippen molar-refractivity contribution < 1.29 is 23.7 Å². The zero-order chi connectivity index (χ0) is 23.8. The van der Waals surface area contributed by atoms with Gasteiger partial charge in [-0.3, -0.25) is 4.79 Å². The van der Waals surface area contributed by atoms with Gasteiger partial charge in [-0.2, -0.15) is 5.10 Å². The molecule has 3 rings (SSSR count). The monoisotopic (exact) mass is 488 g/mol. The Hall–Kier alpha value is -3.42. The molecule has 9 heteroatoms. The Labute approximate surface area is 201 Å². The number of halogens is 2. The van der Waals surface area contributed by atoms with E-state index in [1.165, 1.54) is 27.5 Å². The molecule has 0 saturated heterocycles. The highest BCUT2D eigenvalue weighted by atomic mass is 35.5. The van der Waals surface area contributed by atoms with Gasteiger partial charge in [0.25, 0.3) is 5.91 Å². The maximum Gasteiger partial charge on any atom is 0.271 e. The van der Waals surface area contributed by atoms with Gasteiger partial charge in [0, 0.05) is 22.2 Å². The molecule has 0 spiro atoms. The van der Waals surface area contributed by atoms with Crippen LogP contribution >= 0.6 is 23.2 Å². The predicted octanol–water partition coefficient (Wildman–Crippen LogP) is 5.36. The second-order valence-electron chi connectivity index (χ2n) is 6.71. The van der Waals surface area contributed by atoms with Gasteiger partial charge in [-0.15, -0.1) is 0 Å². The molecule has 1 N–H and O–H groups in total. The highest BCUT2D eigenvalue weighted by molar-refractivity contribution is 6.32. The number of methoxy groups -OCH3 is 3. The summed E-state index contributed by atoms with van der Waals surface area (Å²) in [5.74, 6) is 1.35. The highest BCUT2D eigenvalue weighted by Gasteiger charge is 2.13. The summed E-state index contributed by atoms with van der Waals surface area (Å²) in [6, 6.07) is 15.5. The molecule has 0 aromatic heterocycles. The molecular weight excluding hydrogens is 467 g/mol. The number of nitrogens with zero attached hydrogens (tertiary/aromatic N) is 1. The van der Waals surface area contributed by atoms with Gasteiger partial charge in [0.15, 0.2) is 11.5 Å². The fourth-order valence-electron chi connectivity index (χ4n) is 2.89. The van der Waals surface area contributed by atoms with Crippen LogP contribution in [0.3, 0.4) is 0 Å². The number of hydrazone groups is 1. The molecule has 3 aromatic carbocycles. The highest BCUT2D eigenvalue weighted by Crippen LogP contribution is 2.37. The standard InChI is InChI=1S/C24H22Cl2N2O5/c1-30-18-10-17(11-19(12-18)31-2)24(29)28-27-13-15-8-21(26)23(22(9-15)32-3)33-14-16-6-4-5-7-20(16)25/h4-13H,14H2,1-3H3,(H,28,29)/b27-13-. The Kier molecular flexibility index (Phi) is 8.40. The molecule has 0 aliphatic carbocycles. The number of nitrogens with one attached hydrogen (secondary N) is 1. The molecule has 172 valence electrons. The lowest BCUT2D eigenvalue weighted by Crippen LogP contribution is -2.17. The van der Waals surface area contributed by atoms with Crippen LogP contribution in [0.2, 0.25) is 10.0 Å². The fourth-order valence-corrected chi connectivity index (χ4v) is 3.35. The summed E-state index contributed by atoms with van der Waals surface area (Å²) in [6.45, 7) is 0.225. The average Bonchev–Trinajstić information content (AvgIpc) is 2.83. The van der Waals surface area contributed by atoms with Crippen molar-refractivity contribution >= 4 is 35.3 Å². The van der Waals surface area contributed by atoms with Crippen LogP contribution in [0.1, 0.15) is 21.5 Å². The molecule has 0 atom stereocenters. The van der Waals surface area contributed by atoms with Gasteiger partial charge in [-0.25, -0.2) is 5.43 Å². The van der Waals surface area contributed by atoms with Crippen LogP contribution < -0.4 is 24.4 Å². The second-order valence-corrected chi connectivity index (χ2v) is 7.53. The first kappa shape index (κ1) is 24.2. The number of rotatable bonds is 9. The molecule has 1 amide bonds. The van der Waals surface area contributed by atoms with Crippen LogP contribution in [0.15, 0.2) is 59.7 Å². The van der Waals surface area contributed by atoms with E-state index >= 15 is 0 Å². The quantitative estimate of drug-likeness (QED) is 0.323. The minimum Gasteiger partial charge on any atom is -0.497 e. The van der Waals surface area contributed by atoms with Crippen molar-refractivity contribution in [1.29, 1.82) is 0 Å². The van der Waals surface area contributed by atoms with Gasteiger partial charge in [0.2, 0.25) is 0 Å². The summed E-state index contributed by atoms with van der Waals surface area (Å²) >= 11 is 12.6.